The van der Waals surface area contributed by atoms with E-state index in [2.05, 4.69) is 0 Å². The Bertz CT molecular complexity index is 456. The van der Waals surface area contributed by atoms with Gasteiger partial charge >= 0.3 is 7.69 Å². The SMILES string of the molecule is OBOc1c(O)ccc2ccccc12. The molecule has 2 aromatic rings. The van der Waals surface area contributed by atoms with Crippen LogP contribution in [0.25, 0.3) is 10.8 Å². The van der Waals surface area contributed by atoms with Crippen LogP contribution in [0.3, 0.4) is 0 Å². The standard InChI is InChI=1S/C10H9BO3/c12-9-6-5-7-3-1-2-4-8(7)10(9)14-11-13/h1-6,11-13H. The largest absolute Gasteiger partial charge is 0.536 e. The van der Waals surface area contributed by atoms with E-state index >= 15 is 0 Å². The van der Waals surface area contributed by atoms with E-state index in [4.69, 9.17) is 9.68 Å². The normalized spacial score (nSPS) is 10.1. The number of rotatable bonds is 2. The van der Waals surface area contributed by atoms with Crippen LogP contribution in [0.2, 0.25) is 0 Å². The zero-order valence-corrected chi connectivity index (χ0v) is 7.47. The number of aromatic hydroxyl groups is 1. The van der Waals surface area contributed by atoms with Crippen molar-refractivity contribution < 1.29 is 14.8 Å². The predicted octanol–water partition coefficient (Wildman–Crippen LogP) is 1.18. The Morgan fingerprint density at radius 3 is 2.64 bits per heavy atom. The highest BCUT2D eigenvalue weighted by Crippen LogP contribution is 2.34. The summed E-state index contributed by atoms with van der Waals surface area (Å²) in [6, 6.07) is 10.9. The molecule has 0 amide bonds. The summed E-state index contributed by atoms with van der Waals surface area (Å²) >= 11 is 0. The van der Waals surface area contributed by atoms with E-state index in [0.29, 0.717) is 5.75 Å². The minimum absolute atomic E-state index is 0.0396. The molecule has 0 spiro atoms. The number of hydrogen-bond acceptors (Lipinski definition) is 3. The summed E-state index contributed by atoms with van der Waals surface area (Å²) in [6.45, 7) is 0. The minimum atomic E-state index is -0.443. The van der Waals surface area contributed by atoms with E-state index in [9.17, 15) is 5.11 Å². The first kappa shape index (κ1) is 8.90. The highest BCUT2D eigenvalue weighted by atomic mass is 16.5. The van der Waals surface area contributed by atoms with Crippen molar-refractivity contribution in [3.05, 3.63) is 36.4 Å². The van der Waals surface area contributed by atoms with Gasteiger partial charge in [-0.1, -0.05) is 30.3 Å². The van der Waals surface area contributed by atoms with Crippen LogP contribution < -0.4 is 4.65 Å². The average Bonchev–Trinajstić information content (AvgIpc) is 2.23. The fraction of sp³-hybridized carbons (Fsp3) is 0. The number of benzene rings is 2. The van der Waals surface area contributed by atoms with Crippen molar-refractivity contribution in [2.75, 3.05) is 0 Å². The molecule has 0 unspecified atom stereocenters. The second-order valence-corrected chi connectivity index (χ2v) is 2.91. The number of phenolic OH excluding ortho intramolecular Hbond substituents is 1. The molecule has 14 heavy (non-hydrogen) atoms. The molecule has 0 saturated heterocycles. The molecule has 70 valence electrons. The number of phenols is 1. The zero-order valence-electron chi connectivity index (χ0n) is 7.47. The molecule has 0 aliphatic carbocycles. The molecule has 2 N–H and O–H groups in total. The van der Waals surface area contributed by atoms with Gasteiger partial charge in [0.05, 0.1) is 0 Å². The third-order valence-electron chi connectivity index (χ3n) is 2.07. The highest BCUT2D eigenvalue weighted by Gasteiger charge is 2.06. The highest BCUT2D eigenvalue weighted by molar-refractivity contribution is 6.18. The second-order valence-electron chi connectivity index (χ2n) is 2.91. The van der Waals surface area contributed by atoms with Crippen LogP contribution in [-0.4, -0.2) is 17.8 Å². The lowest BCUT2D eigenvalue weighted by Crippen LogP contribution is -2.00. The van der Waals surface area contributed by atoms with Gasteiger partial charge in [0.15, 0.2) is 11.5 Å². The summed E-state index contributed by atoms with van der Waals surface area (Å²) in [4.78, 5) is 0. The average molecular weight is 188 g/mol. The first-order chi connectivity index (χ1) is 6.83. The molecule has 3 nitrogen and oxygen atoms in total. The number of hydrogen-bond donors (Lipinski definition) is 2. The lowest BCUT2D eigenvalue weighted by Gasteiger charge is -2.08. The van der Waals surface area contributed by atoms with Crippen LogP contribution in [-0.2, 0) is 0 Å². The Morgan fingerprint density at radius 2 is 1.86 bits per heavy atom. The van der Waals surface area contributed by atoms with Crippen molar-refractivity contribution in [2.24, 2.45) is 0 Å². The van der Waals surface area contributed by atoms with E-state index in [1.807, 2.05) is 24.3 Å². The maximum Gasteiger partial charge on any atom is 0.504 e. The van der Waals surface area contributed by atoms with Crippen LogP contribution in [0.4, 0.5) is 0 Å². The summed E-state index contributed by atoms with van der Waals surface area (Å²) in [5.74, 6) is 0.364. The maximum absolute atomic E-state index is 9.50. The van der Waals surface area contributed by atoms with Crippen LogP contribution in [0, 0.1) is 0 Å². The molecule has 2 aromatic carbocycles. The lowest BCUT2D eigenvalue weighted by atomic mass is 10.1. The predicted molar refractivity (Wildman–Crippen MR) is 55.6 cm³/mol. The van der Waals surface area contributed by atoms with Gasteiger partial charge in [0.2, 0.25) is 0 Å². The van der Waals surface area contributed by atoms with Crippen molar-refractivity contribution >= 4 is 18.5 Å². The van der Waals surface area contributed by atoms with Crippen molar-refractivity contribution in [2.45, 2.75) is 0 Å². The quantitative estimate of drug-likeness (QED) is 0.695. The summed E-state index contributed by atoms with van der Waals surface area (Å²) in [5.41, 5.74) is 0. The molecular formula is C10H9BO3. The third kappa shape index (κ3) is 1.40. The Kier molecular flexibility index (Phi) is 2.29. The van der Waals surface area contributed by atoms with Gasteiger partial charge in [-0.2, -0.15) is 0 Å². The monoisotopic (exact) mass is 188 g/mol. The van der Waals surface area contributed by atoms with Crippen molar-refractivity contribution in [3.63, 3.8) is 0 Å². The third-order valence-corrected chi connectivity index (χ3v) is 2.07. The van der Waals surface area contributed by atoms with E-state index < -0.39 is 7.69 Å². The zero-order chi connectivity index (χ0) is 9.97. The van der Waals surface area contributed by atoms with Crippen LogP contribution in [0.15, 0.2) is 36.4 Å². The molecule has 0 aliphatic rings. The van der Waals surface area contributed by atoms with Crippen LogP contribution in [0.5, 0.6) is 11.5 Å². The summed E-state index contributed by atoms with van der Waals surface area (Å²) in [5, 5.41) is 19.9. The van der Waals surface area contributed by atoms with Gasteiger partial charge in [-0.3, -0.25) is 0 Å². The Balaban J connectivity index is 2.69. The fourth-order valence-electron chi connectivity index (χ4n) is 1.45. The van der Waals surface area contributed by atoms with Crippen LogP contribution in [0.1, 0.15) is 0 Å². The second kappa shape index (κ2) is 3.60. The first-order valence-electron chi connectivity index (χ1n) is 4.27. The molecule has 2 rings (SSSR count). The molecule has 0 heterocycles. The molecule has 4 heteroatoms. The van der Waals surface area contributed by atoms with E-state index in [0.717, 1.165) is 10.8 Å². The van der Waals surface area contributed by atoms with Gasteiger partial charge in [0, 0.05) is 5.39 Å². The molecule has 0 atom stereocenters. The topological polar surface area (TPSA) is 49.7 Å². The Labute approximate surface area is 81.9 Å². The molecule has 0 bridgehead atoms. The molecule has 0 fully saturated rings. The molecule has 0 aromatic heterocycles. The lowest BCUT2D eigenvalue weighted by molar-refractivity contribution is 0.414. The van der Waals surface area contributed by atoms with E-state index in [-0.39, 0.29) is 5.75 Å². The van der Waals surface area contributed by atoms with Gasteiger partial charge < -0.3 is 14.8 Å². The van der Waals surface area contributed by atoms with Crippen molar-refractivity contribution in [3.8, 4) is 11.5 Å². The van der Waals surface area contributed by atoms with Gasteiger partial charge in [0.25, 0.3) is 0 Å². The Hall–Kier alpha value is -1.68. The molecule has 0 saturated carbocycles. The van der Waals surface area contributed by atoms with Gasteiger partial charge in [-0.05, 0) is 11.5 Å². The fourth-order valence-corrected chi connectivity index (χ4v) is 1.45. The summed E-state index contributed by atoms with van der Waals surface area (Å²) in [7, 11) is -0.443. The molecular weight excluding hydrogens is 179 g/mol. The summed E-state index contributed by atoms with van der Waals surface area (Å²) in [6.07, 6.45) is 0. The van der Waals surface area contributed by atoms with E-state index in [1.54, 1.807) is 12.1 Å². The van der Waals surface area contributed by atoms with Gasteiger partial charge in [-0.15, -0.1) is 0 Å². The summed E-state index contributed by atoms with van der Waals surface area (Å²) < 4.78 is 4.96. The first-order valence-corrected chi connectivity index (χ1v) is 4.27. The maximum atomic E-state index is 9.50. The minimum Gasteiger partial charge on any atom is -0.536 e. The van der Waals surface area contributed by atoms with Gasteiger partial charge in [0.1, 0.15) is 0 Å². The van der Waals surface area contributed by atoms with Crippen LogP contribution >= 0.6 is 0 Å². The Morgan fingerprint density at radius 1 is 1.07 bits per heavy atom. The van der Waals surface area contributed by atoms with Crippen molar-refractivity contribution in [1.82, 2.24) is 0 Å². The smallest absolute Gasteiger partial charge is 0.504 e. The van der Waals surface area contributed by atoms with E-state index in [1.165, 1.54) is 0 Å². The number of fused-ring (bicyclic) bond motifs is 1. The molecule has 0 aliphatic heterocycles. The van der Waals surface area contributed by atoms with Crippen molar-refractivity contribution in [1.29, 1.82) is 0 Å². The molecule has 0 radical (unpaired) electrons. The van der Waals surface area contributed by atoms with Gasteiger partial charge in [-0.25, -0.2) is 0 Å².